The summed E-state index contributed by atoms with van der Waals surface area (Å²) in [7, 11) is 1.67. The first kappa shape index (κ1) is 15.8. The zero-order valence-corrected chi connectivity index (χ0v) is 11.7. The second-order valence-corrected chi connectivity index (χ2v) is 5.27. The van der Waals surface area contributed by atoms with E-state index in [1.165, 1.54) is 0 Å². The quantitative estimate of drug-likeness (QED) is 0.591. The minimum atomic E-state index is -0.897. The molecule has 3 N–H and O–H groups in total. The summed E-state index contributed by atoms with van der Waals surface area (Å²) in [5.41, 5.74) is 0.196. The highest BCUT2D eigenvalue weighted by Gasteiger charge is 2.42. The van der Waals surface area contributed by atoms with Crippen molar-refractivity contribution in [3.63, 3.8) is 0 Å². The predicted molar refractivity (Wildman–Crippen MR) is 71.0 cm³/mol. The highest BCUT2D eigenvalue weighted by molar-refractivity contribution is 5.75. The number of amides is 2. The molecule has 1 unspecified atom stereocenters. The lowest BCUT2D eigenvalue weighted by atomic mass is 10.0. The van der Waals surface area contributed by atoms with E-state index < -0.39 is 5.97 Å². The minimum absolute atomic E-state index is 0.0429. The standard InChI is InChI=1S/C13H24N2O4/c1-3-10(8-11(16)17)15-12(18)14-9-13(4-5-13)6-7-19-2/h10H,3-9H2,1-2H3,(H,16,17)(H2,14,15,18). The molecule has 1 aliphatic carbocycles. The van der Waals surface area contributed by atoms with Gasteiger partial charge in [0.15, 0.2) is 0 Å². The number of urea groups is 1. The van der Waals surface area contributed by atoms with Crippen LogP contribution in [0.4, 0.5) is 4.79 Å². The number of carboxylic acids is 1. The summed E-state index contributed by atoms with van der Waals surface area (Å²) in [5, 5.41) is 14.2. The van der Waals surface area contributed by atoms with E-state index in [1.807, 2.05) is 6.92 Å². The van der Waals surface area contributed by atoms with Crippen LogP contribution in [0, 0.1) is 5.41 Å². The Morgan fingerprint density at radius 2 is 2.11 bits per heavy atom. The number of carbonyl (C=O) groups is 2. The van der Waals surface area contributed by atoms with Crippen molar-refractivity contribution < 1.29 is 19.4 Å². The Morgan fingerprint density at radius 3 is 2.58 bits per heavy atom. The summed E-state index contributed by atoms with van der Waals surface area (Å²) in [5.74, 6) is -0.897. The summed E-state index contributed by atoms with van der Waals surface area (Å²) in [6, 6.07) is -0.594. The van der Waals surface area contributed by atoms with Gasteiger partial charge in [-0.05, 0) is 31.1 Å². The first-order chi connectivity index (χ1) is 9.01. The lowest BCUT2D eigenvalue weighted by molar-refractivity contribution is -0.137. The number of rotatable bonds is 9. The molecule has 6 nitrogen and oxygen atoms in total. The summed E-state index contributed by atoms with van der Waals surface area (Å²) in [4.78, 5) is 22.3. The molecule has 0 aromatic carbocycles. The summed E-state index contributed by atoms with van der Waals surface area (Å²) >= 11 is 0. The Bertz CT molecular complexity index is 316. The molecule has 1 atom stereocenters. The van der Waals surface area contributed by atoms with Crippen LogP contribution in [0.25, 0.3) is 0 Å². The number of carboxylic acid groups (broad SMARTS) is 1. The summed E-state index contributed by atoms with van der Waals surface area (Å²) in [6.45, 7) is 3.19. The van der Waals surface area contributed by atoms with Gasteiger partial charge in [-0.2, -0.15) is 0 Å². The normalized spacial score (nSPS) is 17.6. The van der Waals surface area contributed by atoms with Gasteiger partial charge in [0.1, 0.15) is 0 Å². The number of aliphatic carboxylic acids is 1. The molecule has 1 saturated carbocycles. The van der Waals surface area contributed by atoms with Crippen LogP contribution in [0.5, 0.6) is 0 Å². The first-order valence-corrected chi connectivity index (χ1v) is 6.76. The Balaban J connectivity index is 2.25. The molecule has 0 radical (unpaired) electrons. The maximum Gasteiger partial charge on any atom is 0.315 e. The number of hydrogen-bond acceptors (Lipinski definition) is 3. The number of ether oxygens (including phenoxy) is 1. The van der Waals surface area contributed by atoms with Gasteiger partial charge in [0.05, 0.1) is 6.42 Å². The zero-order valence-electron chi connectivity index (χ0n) is 11.7. The molecule has 19 heavy (non-hydrogen) atoms. The summed E-state index contributed by atoms with van der Waals surface area (Å²) < 4.78 is 5.06. The Hall–Kier alpha value is -1.30. The van der Waals surface area contributed by atoms with Crippen molar-refractivity contribution in [2.75, 3.05) is 20.3 Å². The highest BCUT2D eigenvalue weighted by Crippen LogP contribution is 2.48. The Kier molecular flexibility index (Phi) is 6.08. The molecule has 0 heterocycles. The molecule has 0 aromatic rings. The van der Waals surface area contributed by atoms with Crippen LogP contribution in [0.15, 0.2) is 0 Å². The topological polar surface area (TPSA) is 87.7 Å². The molecular weight excluding hydrogens is 248 g/mol. The molecule has 0 aliphatic heterocycles. The Morgan fingerprint density at radius 1 is 1.42 bits per heavy atom. The van der Waals surface area contributed by atoms with E-state index in [9.17, 15) is 9.59 Å². The van der Waals surface area contributed by atoms with Crippen LogP contribution in [-0.4, -0.2) is 43.4 Å². The molecule has 2 amide bonds. The van der Waals surface area contributed by atoms with Gasteiger partial charge in [-0.25, -0.2) is 4.79 Å². The molecule has 1 fully saturated rings. The average Bonchev–Trinajstić information content (AvgIpc) is 3.13. The van der Waals surface area contributed by atoms with Crippen molar-refractivity contribution in [2.24, 2.45) is 5.41 Å². The van der Waals surface area contributed by atoms with Gasteiger partial charge in [0, 0.05) is 26.3 Å². The van der Waals surface area contributed by atoms with Crippen molar-refractivity contribution in [3.8, 4) is 0 Å². The van der Waals surface area contributed by atoms with Crippen LogP contribution in [0.2, 0.25) is 0 Å². The van der Waals surface area contributed by atoms with E-state index in [-0.39, 0.29) is 23.9 Å². The molecule has 1 aliphatic rings. The van der Waals surface area contributed by atoms with E-state index in [0.29, 0.717) is 19.6 Å². The largest absolute Gasteiger partial charge is 0.481 e. The molecule has 0 bridgehead atoms. The maximum absolute atomic E-state index is 11.7. The van der Waals surface area contributed by atoms with E-state index in [0.717, 1.165) is 19.3 Å². The van der Waals surface area contributed by atoms with Crippen LogP contribution >= 0.6 is 0 Å². The van der Waals surface area contributed by atoms with Crippen molar-refractivity contribution in [1.29, 1.82) is 0 Å². The van der Waals surface area contributed by atoms with Crippen LogP contribution in [0.1, 0.15) is 39.0 Å². The molecule has 0 aromatic heterocycles. The lowest BCUT2D eigenvalue weighted by Gasteiger charge is -2.19. The fraction of sp³-hybridized carbons (Fsp3) is 0.846. The third-order valence-electron chi connectivity index (χ3n) is 3.67. The van der Waals surface area contributed by atoms with Crippen molar-refractivity contribution in [1.82, 2.24) is 10.6 Å². The number of nitrogens with one attached hydrogen (secondary N) is 2. The zero-order chi connectivity index (χ0) is 14.3. The molecule has 110 valence electrons. The smallest absolute Gasteiger partial charge is 0.315 e. The minimum Gasteiger partial charge on any atom is -0.481 e. The van der Waals surface area contributed by atoms with E-state index in [1.54, 1.807) is 7.11 Å². The van der Waals surface area contributed by atoms with Gasteiger partial charge in [0.25, 0.3) is 0 Å². The molecule has 0 spiro atoms. The lowest BCUT2D eigenvalue weighted by Crippen LogP contribution is -2.44. The van der Waals surface area contributed by atoms with Crippen molar-refractivity contribution >= 4 is 12.0 Å². The fourth-order valence-corrected chi connectivity index (χ4v) is 2.02. The van der Waals surface area contributed by atoms with Gasteiger partial charge >= 0.3 is 12.0 Å². The third kappa shape index (κ3) is 5.92. The summed E-state index contributed by atoms with van der Waals surface area (Å²) in [6.07, 6.45) is 3.75. The van der Waals surface area contributed by atoms with Gasteiger partial charge in [-0.1, -0.05) is 6.92 Å². The van der Waals surface area contributed by atoms with E-state index in [4.69, 9.17) is 9.84 Å². The van der Waals surface area contributed by atoms with Crippen molar-refractivity contribution in [3.05, 3.63) is 0 Å². The molecule has 1 rings (SSSR count). The van der Waals surface area contributed by atoms with Gasteiger partial charge in [-0.3, -0.25) is 4.79 Å². The average molecular weight is 272 g/mol. The van der Waals surface area contributed by atoms with Gasteiger partial charge in [-0.15, -0.1) is 0 Å². The second kappa shape index (κ2) is 7.33. The Labute approximate surface area is 113 Å². The van der Waals surface area contributed by atoms with E-state index >= 15 is 0 Å². The SMILES string of the molecule is CCC(CC(=O)O)NC(=O)NCC1(CCOC)CC1. The van der Waals surface area contributed by atoms with Gasteiger partial charge < -0.3 is 20.5 Å². The van der Waals surface area contributed by atoms with E-state index in [2.05, 4.69) is 10.6 Å². The number of hydrogen-bond donors (Lipinski definition) is 3. The molecular formula is C13H24N2O4. The number of methoxy groups -OCH3 is 1. The third-order valence-corrected chi connectivity index (χ3v) is 3.67. The van der Waals surface area contributed by atoms with Crippen LogP contribution in [-0.2, 0) is 9.53 Å². The highest BCUT2D eigenvalue weighted by atomic mass is 16.5. The van der Waals surface area contributed by atoms with Gasteiger partial charge in [0.2, 0.25) is 0 Å². The first-order valence-electron chi connectivity index (χ1n) is 6.76. The fourth-order valence-electron chi connectivity index (χ4n) is 2.02. The van der Waals surface area contributed by atoms with Crippen LogP contribution < -0.4 is 10.6 Å². The molecule has 6 heteroatoms. The second-order valence-electron chi connectivity index (χ2n) is 5.27. The number of carbonyl (C=O) groups excluding carboxylic acids is 1. The predicted octanol–water partition coefficient (Wildman–Crippen LogP) is 1.36. The molecule has 0 saturated heterocycles. The maximum atomic E-state index is 11.7. The monoisotopic (exact) mass is 272 g/mol. The van der Waals surface area contributed by atoms with Crippen molar-refractivity contribution in [2.45, 2.75) is 45.1 Å². The van der Waals surface area contributed by atoms with Crippen LogP contribution in [0.3, 0.4) is 0 Å².